The van der Waals surface area contributed by atoms with Crippen molar-refractivity contribution in [2.45, 2.75) is 19.1 Å². The third kappa shape index (κ3) is 4.45. The van der Waals surface area contributed by atoms with E-state index >= 15 is 0 Å². The van der Waals surface area contributed by atoms with Gasteiger partial charge < -0.3 is 14.6 Å². The van der Waals surface area contributed by atoms with Crippen LogP contribution in [-0.2, 0) is 23.1 Å². The van der Waals surface area contributed by atoms with E-state index in [4.69, 9.17) is 0 Å². The predicted octanol–water partition coefficient (Wildman–Crippen LogP) is 2.16. The first-order chi connectivity index (χ1) is 10.4. The molecule has 120 valence electrons. The Morgan fingerprint density at radius 2 is 2.09 bits per heavy atom. The molecule has 1 heterocycles. The van der Waals surface area contributed by atoms with E-state index in [0.717, 1.165) is 11.0 Å². The number of halogens is 3. The Bertz CT molecular complexity index is 652. The van der Waals surface area contributed by atoms with E-state index in [0.29, 0.717) is 5.82 Å². The number of hydrogen-bond donors (Lipinski definition) is 1. The number of aromatic nitrogens is 2. The molecule has 1 aromatic heterocycles. The van der Waals surface area contributed by atoms with Gasteiger partial charge in [0.1, 0.15) is 12.4 Å². The molecular weight excluding hydrogens is 299 g/mol. The lowest BCUT2D eigenvalue weighted by Gasteiger charge is -2.08. The highest BCUT2D eigenvalue weighted by molar-refractivity contribution is 5.77. The van der Waals surface area contributed by atoms with Crippen LogP contribution in [0.15, 0.2) is 24.3 Å². The summed E-state index contributed by atoms with van der Waals surface area (Å²) in [4.78, 5) is 15.9. The first kappa shape index (κ1) is 16.3. The fourth-order valence-electron chi connectivity index (χ4n) is 1.97. The first-order valence-electron chi connectivity index (χ1n) is 6.68. The van der Waals surface area contributed by atoms with Crippen LogP contribution in [0.2, 0.25) is 0 Å². The van der Waals surface area contributed by atoms with Crippen LogP contribution >= 0.6 is 0 Å². The van der Waals surface area contributed by atoms with Crippen molar-refractivity contribution in [3.63, 3.8) is 0 Å². The van der Waals surface area contributed by atoms with Crippen LogP contribution in [0, 0.1) is 0 Å². The third-order valence-electron chi connectivity index (χ3n) is 3.06. The zero-order valence-corrected chi connectivity index (χ0v) is 12.0. The number of amides is 1. The second kappa shape index (κ2) is 6.78. The molecule has 22 heavy (non-hydrogen) atoms. The molecule has 0 spiro atoms. The van der Waals surface area contributed by atoms with Gasteiger partial charge in [0.2, 0.25) is 5.91 Å². The van der Waals surface area contributed by atoms with Gasteiger partial charge in [-0.3, -0.25) is 4.79 Å². The van der Waals surface area contributed by atoms with Crippen LogP contribution < -0.4 is 5.32 Å². The molecule has 0 radical (unpaired) electrons. The van der Waals surface area contributed by atoms with Crippen molar-refractivity contribution in [2.75, 3.05) is 13.2 Å². The summed E-state index contributed by atoms with van der Waals surface area (Å²) in [6.07, 6.45) is -4.50. The van der Waals surface area contributed by atoms with Crippen LogP contribution in [0.3, 0.4) is 0 Å². The highest BCUT2D eigenvalue weighted by Gasteiger charge is 2.27. The maximum absolute atomic E-state index is 11.9. The normalized spacial score (nSPS) is 11.8. The van der Waals surface area contributed by atoms with Gasteiger partial charge in [-0.2, -0.15) is 13.2 Å². The van der Waals surface area contributed by atoms with Crippen molar-refractivity contribution in [1.82, 2.24) is 14.9 Å². The summed E-state index contributed by atoms with van der Waals surface area (Å²) in [5.74, 6) is 0.292. The van der Waals surface area contributed by atoms with Gasteiger partial charge in [-0.15, -0.1) is 0 Å². The number of nitrogens with one attached hydrogen (secondary N) is 1. The van der Waals surface area contributed by atoms with E-state index < -0.39 is 12.8 Å². The minimum absolute atomic E-state index is 0.125. The molecule has 0 fully saturated rings. The zero-order valence-electron chi connectivity index (χ0n) is 12.0. The third-order valence-corrected chi connectivity index (χ3v) is 3.06. The van der Waals surface area contributed by atoms with Crippen molar-refractivity contribution in [2.24, 2.45) is 7.05 Å². The number of rotatable bonds is 6. The Balaban J connectivity index is 1.79. The van der Waals surface area contributed by atoms with Crippen LogP contribution in [-0.4, -0.2) is 34.8 Å². The number of carbonyl (C=O) groups is 1. The molecule has 0 unspecified atom stereocenters. The second-order valence-electron chi connectivity index (χ2n) is 4.77. The maximum atomic E-state index is 11.9. The zero-order chi connectivity index (χ0) is 16.2. The Morgan fingerprint density at radius 3 is 2.77 bits per heavy atom. The van der Waals surface area contributed by atoms with Crippen molar-refractivity contribution in [3.8, 4) is 0 Å². The SMILES string of the molecule is Cn1c(CNC(=O)CCOCC(F)(F)F)nc2ccccc21. The second-order valence-corrected chi connectivity index (χ2v) is 4.77. The molecule has 1 N–H and O–H groups in total. The Hall–Kier alpha value is -2.09. The molecule has 1 aromatic carbocycles. The fraction of sp³-hybridized carbons (Fsp3) is 0.429. The summed E-state index contributed by atoms with van der Waals surface area (Å²) >= 11 is 0. The summed E-state index contributed by atoms with van der Waals surface area (Å²) in [7, 11) is 1.84. The molecule has 0 aliphatic carbocycles. The van der Waals surface area contributed by atoms with Gasteiger partial charge in [0, 0.05) is 13.5 Å². The average molecular weight is 315 g/mol. The number of carbonyl (C=O) groups excluding carboxylic acids is 1. The topological polar surface area (TPSA) is 56.2 Å². The lowest BCUT2D eigenvalue weighted by Crippen LogP contribution is -2.26. The summed E-state index contributed by atoms with van der Waals surface area (Å²) in [5, 5.41) is 2.61. The van der Waals surface area contributed by atoms with Crippen LogP contribution in [0.4, 0.5) is 13.2 Å². The summed E-state index contributed by atoms with van der Waals surface area (Å²) in [5.41, 5.74) is 1.77. The first-order valence-corrected chi connectivity index (χ1v) is 6.68. The molecule has 0 saturated carbocycles. The minimum atomic E-state index is -4.37. The standard InChI is InChI=1S/C14H16F3N3O2/c1-20-11-5-3-2-4-10(11)19-12(20)8-18-13(21)6-7-22-9-14(15,16)17/h2-5H,6-9H2,1H3,(H,18,21). The molecule has 0 atom stereocenters. The van der Waals surface area contributed by atoms with E-state index in [2.05, 4.69) is 15.0 Å². The Labute approximate surface area is 125 Å². The van der Waals surface area contributed by atoms with Crippen molar-refractivity contribution < 1.29 is 22.7 Å². The molecule has 0 saturated heterocycles. The number of nitrogens with zero attached hydrogens (tertiary/aromatic N) is 2. The number of para-hydroxylation sites is 2. The fourth-order valence-corrected chi connectivity index (χ4v) is 1.97. The number of hydrogen-bond acceptors (Lipinski definition) is 3. The highest BCUT2D eigenvalue weighted by atomic mass is 19.4. The number of alkyl halides is 3. The molecule has 5 nitrogen and oxygen atoms in total. The van der Waals surface area contributed by atoms with Crippen molar-refractivity contribution in [1.29, 1.82) is 0 Å². The number of fused-ring (bicyclic) bond motifs is 1. The number of ether oxygens (including phenoxy) is 1. The van der Waals surface area contributed by atoms with E-state index in [1.807, 2.05) is 35.9 Å². The molecule has 0 bridgehead atoms. The Kier molecular flexibility index (Phi) is 5.02. The monoisotopic (exact) mass is 315 g/mol. The molecule has 2 aromatic rings. The van der Waals surface area contributed by atoms with Crippen LogP contribution in [0.5, 0.6) is 0 Å². The van der Waals surface area contributed by atoms with Crippen LogP contribution in [0.1, 0.15) is 12.2 Å². The maximum Gasteiger partial charge on any atom is 0.411 e. The van der Waals surface area contributed by atoms with Gasteiger partial charge >= 0.3 is 6.18 Å². The molecule has 2 rings (SSSR count). The van der Waals surface area contributed by atoms with Gasteiger partial charge in [0.15, 0.2) is 0 Å². The predicted molar refractivity (Wildman–Crippen MR) is 74.1 cm³/mol. The summed E-state index contributed by atoms with van der Waals surface area (Å²) in [6.45, 7) is -1.40. The molecule has 0 aliphatic rings. The molecular formula is C14H16F3N3O2. The number of aryl methyl sites for hydroxylation is 1. The van der Waals surface area contributed by atoms with Gasteiger partial charge in [0.25, 0.3) is 0 Å². The molecule has 0 aliphatic heterocycles. The quantitative estimate of drug-likeness (QED) is 0.831. The summed E-state index contributed by atoms with van der Waals surface area (Å²) < 4.78 is 41.8. The molecule has 1 amide bonds. The van der Waals surface area contributed by atoms with Gasteiger partial charge in [-0.1, -0.05) is 12.1 Å². The molecule has 8 heteroatoms. The van der Waals surface area contributed by atoms with Crippen molar-refractivity contribution in [3.05, 3.63) is 30.1 Å². The van der Waals surface area contributed by atoms with E-state index in [1.165, 1.54) is 0 Å². The number of imidazole rings is 1. The minimum Gasteiger partial charge on any atom is -0.372 e. The van der Waals surface area contributed by atoms with Gasteiger partial charge in [-0.05, 0) is 12.1 Å². The van der Waals surface area contributed by atoms with Crippen LogP contribution in [0.25, 0.3) is 11.0 Å². The number of benzene rings is 1. The highest BCUT2D eigenvalue weighted by Crippen LogP contribution is 2.15. The average Bonchev–Trinajstić information content (AvgIpc) is 2.78. The van der Waals surface area contributed by atoms with Gasteiger partial charge in [-0.25, -0.2) is 4.98 Å². The Morgan fingerprint density at radius 1 is 1.36 bits per heavy atom. The summed E-state index contributed by atoms with van der Waals surface area (Å²) in [6, 6.07) is 7.55. The van der Waals surface area contributed by atoms with Crippen molar-refractivity contribution >= 4 is 16.9 Å². The smallest absolute Gasteiger partial charge is 0.372 e. The van der Waals surface area contributed by atoms with E-state index in [9.17, 15) is 18.0 Å². The van der Waals surface area contributed by atoms with Gasteiger partial charge in [0.05, 0.1) is 24.2 Å². The largest absolute Gasteiger partial charge is 0.411 e. The lowest BCUT2D eigenvalue weighted by molar-refractivity contribution is -0.174. The lowest BCUT2D eigenvalue weighted by atomic mass is 10.3. The van der Waals surface area contributed by atoms with E-state index in [1.54, 1.807) is 0 Å². The van der Waals surface area contributed by atoms with E-state index in [-0.39, 0.29) is 25.5 Å².